The maximum Gasteiger partial charge on any atom is 0.433 e. The molecule has 2 aromatic carbocycles. The summed E-state index contributed by atoms with van der Waals surface area (Å²) in [6.07, 6.45) is 2.40. The van der Waals surface area contributed by atoms with Crippen molar-refractivity contribution >= 4 is 61.7 Å². The number of hydrogen-bond donors (Lipinski definition) is 4. The number of rotatable bonds is 10. The van der Waals surface area contributed by atoms with Crippen LogP contribution in [0, 0.1) is 17.3 Å². The number of para-hydroxylation sites is 1. The van der Waals surface area contributed by atoms with E-state index in [1.165, 1.54) is 10.6 Å². The summed E-state index contributed by atoms with van der Waals surface area (Å²) in [6, 6.07) is 11.7. The van der Waals surface area contributed by atoms with Crippen LogP contribution in [0.1, 0.15) is 104 Å². The van der Waals surface area contributed by atoms with E-state index in [0.717, 1.165) is 97.7 Å². The number of amides is 3. The molecule has 1 spiro atoms. The van der Waals surface area contributed by atoms with E-state index in [-0.39, 0.29) is 23.7 Å². The topological polar surface area (TPSA) is 163 Å². The lowest BCUT2D eigenvalue weighted by molar-refractivity contribution is -0.141. The number of halogens is 3. The van der Waals surface area contributed by atoms with Crippen LogP contribution in [0.4, 0.5) is 24.5 Å². The van der Waals surface area contributed by atoms with Crippen LogP contribution in [0.25, 0.3) is 21.3 Å². The number of nitrogens with one attached hydrogen (secondary N) is 3. The number of nitrogens with zero attached hydrogens (tertiary/aromatic N) is 5. The highest BCUT2D eigenvalue weighted by Crippen LogP contribution is 2.52. The second-order valence-corrected chi connectivity index (χ2v) is 19.3. The Hall–Kier alpha value is -5.13. The Morgan fingerprint density at radius 1 is 0.967 bits per heavy atom. The van der Waals surface area contributed by atoms with Crippen LogP contribution in [0.3, 0.4) is 0 Å². The first-order chi connectivity index (χ1) is 28.9. The third-order valence-electron chi connectivity index (χ3n) is 13.2. The van der Waals surface area contributed by atoms with E-state index in [2.05, 4.69) is 25.8 Å². The summed E-state index contributed by atoms with van der Waals surface area (Å²) in [7, 11) is 1.72. The number of likely N-dealkylation sites (tertiary alicyclic amines) is 1. The zero-order chi connectivity index (χ0) is 43.0. The van der Waals surface area contributed by atoms with Crippen LogP contribution in [-0.2, 0) is 28.4 Å². The maximum absolute atomic E-state index is 13.3. The molecule has 4 fully saturated rings. The molecule has 61 heavy (non-hydrogen) atoms. The third kappa shape index (κ3) is 7.95. The van der Waals surface area contributed by atoms with Gasteiger partial charge >= 0.3 is 11.9 Å². The molecule has 322 valence electrons. The number of pyridine rings is 1. The Bertz CT molecular complexity index is 2610. The van der Waals surface area contributed by atoms with Gasteiger partial charge in [-0.2, -0.15) is 13.2 Å². The van der Waals surface area contributed by atoms with Crippen molar-refractivity contribution in [1.29, 1.82) is 0 Å². The molecular weight excluding hydrogens is 810 g/mol. The number of carbonyl (C=O) groups is 3. The van der Waals surface area contributed by atoms with E-state index in [9.17, 15) is 37.5 Å². The van der Waals surface area contributed by atoms with Gasteiger partial charge in [-0.05, 0) is 112 Å². The van der Waals surface area contributed by atoms with Gasteiger partial charge in [-0.25, -0.2) is 14.8 Å². The van der Waals surface area contributed by atoms with Crippen LogP contribution in [0.2, 0.25) is 0 Å². The lowest BCUT2D eigenvalue weighted by atomic mass is 9.57. The van der Waals surface area contributed by atoms with Crippen molar-refractivity contribution in [3.05, 3.63) is 81.0 Å². The number of imidazole rings is 1. The number of aliphatic hydroxyl groups is 1. The van der Waals surface area contributed by atoms with Crippen molar-refractivity contribution in [3.8, 4) is 0 Å². The van der Waals surface area contributed by atoms with Crippen molar-refractivity contribution in [2.24, 2.45) is 24.3 Å². The Morgan fingerprint density at radius 2 is 1.70 bits per heavy atom. The summed E-state index contributed by atoms with van der Waals surface area (Å²) in [4.78, 5) is 61.9. The lowest BCUT2D eigenvalue weighted by Crippen LogP contribution is -2.63. The second kappa shape index (κ2) is 15.3. The number of aromatic nitrogens is 4. The van der Waals surface area contributed by atoms with Crippen molar-refractivity contribution in [2.75, 3.05) is 36.8 Å². The monoisotopic (exact) mass is 858 g/mol. The zero-order valence-corrected chi connectivity index (χ0v) is 35.1. The number of imide groups is 1. The third-order valence-corrected chi connectivity index (χ3v) is 14.4. The predicted molar refractivity (Wildman–Crippen MR) is 225 cm³/mol. The summed E-state index contributed by atoms with van der Waals surface area (Å²) in [5, 5.41) is 20.7. The van der Waals surface area contributed by atoms with Crippen LogP contribution in [0.5, 0.6) is 0 Å². The highest BCUT2D eigenvalue weighted by Gasteiger charge is 2.52. The molecule has 0 bridgehead atoms. The van der Waals surface area contributed by atoms with Crippen LogP contribution in [0.15, 0.2) is 53.3 Å². The van der Waals surface area contributed by atoms with Gasteiger partial charge < -0.3 is 20.6 Å². The van der Waals surface area contributed by atoms with E-state index < -0.39 is 35.3 Å². The number of piperidine rings is 1. The number of fused-ring (bicyclic) bond motifs is 2. The van der Waals surface area contributed by atoms with Crippen LogP contribution >= 0.6 is 11.3 Å². The molecule has 0 radical (unpaired) electrons. The fourth-order valence-corrected chi connectivity index (χ4v) is 11.5. The number of hydrogen-bond acceptors (Lipinski definition) is 10. The molecule has 2 aliphatic carbocycles. The molecular formula is C44H49F3N8O5S. The molecule has 13 nitrogen and oxygen atoms in total. The number of aryl methyl sites for hydroxylation is 1. The summed E-state index contributed by atoms with van der Waals surface area (Å²) in [5.41, 5.74) is 0.928. The molecule has 5 aromatic rings. The Morgan fingerprint density at radius 3 is 2.41 bits per heavy atom. The highest BCUT2D eigenvalue weighted by molar-refractivity contribution is 7.18. The number of benzene rings is 2. The summed E-state index contributed by atoms with van der Waals surface area (Å²) in [6.45, 7) is 7.31. The Kier molecular flexibility index (Phi) is 10.4. The minimum Gasteiger partial charge on any atom is -0.386 e. The highest BCUT2D eigenvalue weighted by atomic mass is 32.1. The SMILES string of the molecule is Cn1c(=O)n(C2CCC(=O)NC2=O)c2cccc(NCC3CC4(C3)CN(CC3CCC(c5nc6cc(C(C)(C)O)c(NC(=O)c7cccc(C(F)(F)F)n7)cc6s5)CC3)C4)c21. The van der Waals surface area contributed by atoms with Gasteiger partial charge in [0, 0.05) is 56.8 Å². The Labute approximate surface area is 353 Å². The van der Waals surface area contributed by atoms with Gasteiger partial charge in [-0.15, -0.1) is 11.3 Å². The van der Waals surface area contributed by atoms with Gasteiger partial charge in [0.25, 0.3) is 5.91 Å². The van der Waals surface area contributed by atoms with Gasteiger partial charge in [-0.1, -0.05) is 12.1 Å². The van der Waals surface area contributed by atoms with E-state index in [1.54, 1.807) is 48.9 Å². The molecule has 9 rings (SSSR count). The molecule has 2 saturated carbocycles. The molecule has 1 atom stereocenters. The molecule has 2 aliphatic heterocycles. The van der Waals surface area contributed by atoms with Gasteiger partial charge in [-0.3, -0.25) is 28.8 Å². The Balaban J connectivity index is 0.765. The zero-order valence-electron chi connectivity index (χ0n) is 34.3. The molecule has 4 N–H and O–H groups in total. The molecule has 1 unspecified atom stereocenters. The predicted octanol–water partition coefficient (Wildman–Crippen LogP) is 6.92. The average molecular weight is 859 g/mol. The van der Waals surface area contributed by atoms with E-state index in [0.29, 0.717) is 51.9 Å². The summed E-state index contributed by atoms with van der Waals surface area (Å²) >= 11 is 1.55. The van der Waals surface area contributed by atoms with Gasteiger partial charge in [0.2, 0.25) is 11.8 Å². The minimum atomic E-state index is -4.69. The standard InChI is InChI=1S/C44H49F3N8O5S/c1-42(2,60)27-16-31-34(17-30(27)50-38(57)29-7-5-9-35(49-29)44(45,46)47)61-40(51-31)26-12-10-24(11-13-26)21-54-22-43(23-54)18-25(19-43)20-48-28-6-4-8-32-37(28)53(3)41(59)55(32)33-14-15-36(56)52-39(33)58/h4-9,16-17,24-26,33,48,60H,10-15,18-23H2,1-3H3,(H,50,57)(H,52,56,58). The number of alkyl halides is 3. The molecule has 2 saturated heterocycles. The first-order valence-electron chi connectivity index (χ1n) is 21.0. The smallest absolute Gasteiger partial charge is 0.386 e. The summed E-state index contributed by atoms with van der Waals surface area (Å²) in [5.74, 6) is -0.0975. The molecule has 4 aliphatic rings. The second-order valence-electron chi connectivity index (χ2n) is 18.2. The quantitative estimate of drug-likeness (QED) is 0.109. The normalized spacial score (nSPS) is 22.3. The average Bonchev–Trinajstić information content (AvgIpc) is 3.71. The molecule has 5 heterocycles. The molecule has 3 amide bonds. The number of thiazole rings is 1. The van der Waals surface area contributed by atoms with Gasteiger partial charge in [0.1, 0.15) is 17.4 Å². The van der Waals surface area contributed by atoms with Crippen molar-refractivity contribution < 1.29 is 32.7 Å². The molecule has 3 aromatic heterocycles. The number of anilines is 2. The van der Waals surface area contributed by atoms with Gasteiger partial charge in [0.05, 0.1) is 37.5 Å². The van der Waals surface area contributed by atoms with E-state index in [1.807, 2.05) is 18.2 Å². The van der Waals surface area contributed by atoms with E-state index in [4.69, 9.17) is 4.98 Å². The van der Waals surface area contributed by atoms with Crippen molar-refractivity contribution in [2.45, 2.75) is 89.0 Å². The maximum atomic E-state index is 13.3. The fourth-order valence-electron chi connectivity index (χ4n) is 10.3. The van der Waals surface area contributed by atoms with Gasteiger partial charge in [0.15, 0.2) is 0 Å². The van der Waals surface area contributed by atoms with Crippen molar-refractivity contribution in [3.63, 3.8) is 0 Å². The summed E-state index contributed by atoms with van der Waals surface area (Å²) < 4.78 is 43.7. The molecule has 17 heteroatoms. The van der Waals surface area contributed by atoms with E-state index >= 15 is 0 Å². The largest absolute Gasteiger partial charge is 0.433 e. The van der Waals surface area contributed by atoms with Crippen LogP contribution in [-0.4, -0.2) is 73.0 Å². The number of carbonyl (C=O) groups excluding carboxylic acids is 3. The van der Waals surface area contributed by atoms with Crippen molar-refractivity contribution in [1.82, 2.24) is 29.3 Å². The first-order valence-corrected chi connectivity index (χ1v) is 21.8. The van der Waals surface area contributed by atoms with Crippen LogP contribution < -0.4 is 21.6 Å². The first kappa shape index (κ1) is 41.2. The minimum absolute atomic E-state index is 0.200. The lowest BCUT2D eigenvalue weighted by Gasteiger charge is -2.60. The fraction of sp³-hybridized carbons (Fsp3) is 0.500.